The largest absolute Gasteiger partial charge is 0.424 e. The van der Waals surface area contributed by atoms with Crippen LogP contribution in [0.15, 0.2) is 13.5 Å². The topological polar surface area (TPSA) is 63.1 Å². The first-order valence-electron chi connectivity index (χ1n) is 2.30. The van der Waals surface area contributed by atoms with E-state index in [1.807, 2.05) is 0 Å². The van der Waals surface area contributed by atoms with Crippen LogP contribution in [0.1, 0.15) is 0 Å². The first-order chi connectivity index (χ1) is 5.12. The second kappa shape index (κ2) is 2.64. The van der Waals surface area contributed by atoms with E-state index in [0.717, 1.165) is 0 Å². The third-order valence-electron chi connectivity index (χ3n) is 0.681. The second-order valence-electron chi connectivity index (χ2n) is 1.75. The SMILES string of the molecule is NP1(F)=NP(F)(F)=NP(F)(F)=N1. The fraction of sp³-hybridized carbons (Fsp3) is 0. The van der Waals surface area contributed by atoms with Crippen molar-refractivity contribution in [2.75, 3.05) is 0 Å². The van der Waals surface area contributed by atoms with Crippen LogP contribution >= 0.6 is 23.3 Å². The normalized spacial score (nSPS) is 37.5. The van der Waals surface area contributed by atoms with Gasteiger partial charge in [0, 0.05) is 0 Å². The first kappa shape index (κ1) is 10.4. The van der Waals surface area contributed by atoms with Gasteiger partial charge in [0.1, 0.15) is 0 Å². The van der Waals surface area contributed by atoms with Gasteiger partial charge in [0.05, 0.1) is 0 Å². The molecule has 1 aliphatic rings. The molecule has 0 aromatic carbocycles. The molecule has 0 saturated carbocycles. The molecule has 0 saturated heterocycles. The van der Waals surface area contributed by atoms with Gasteiger partial charge in [-0.2, -0.15) is 4.20 Å². The standard InChI is InChI=1S/F5H2N4P3/c1-10(2)7-11(3,4)9-12(5,6)8-10/h6H2. The number of halogens is 5. The molecule has 0 bridgehead atoms. The van der Waals surface area contributed by atoms with Crippen molar-refractivity contribution in [1.82, 2.24) is 0 Å². The molecule has 0 spiro atoms. The van der Waals surface area contributed by atoms with E-state index in [2.05, 4.69) is 14.5 Å². The van der Waals surface area contributed by atoms with Crippen LogP contribution in [0.5, 0.6) is 0 Å². The molecule has 1 atom stereocenters. The number of hydrogen-bond acceptors (Lipinski definition) is 4. The van der Waals surface area contributed by atoms with Gasteiger partial charge in [-0.15, -0.1) is 30.3 Å². The molecule has 1 aliphatic heterocycles. The lowest BCUT2D eigenvalue weighted by Gasteiger charge is -2.11. The minimum Gasteiger partial charge on any atom is -0.253 e. The lowest BCUT2D eigenvalue weighted by Crippen LogP contribution is -1.85. The Hall–Kier alpha value is 0.300. The third kappa shape index (κ3) is 2.66. The van der Waals surface area contributed by atoms with Crippen LogP contribution in [0.3, 0.4) is 0 Å². The molecular weight excluding hydrogens is 244 g/mol. The summed E-state index contributed by atoms with van der Waals surface area (Å²) in [5.74, 6) is 0. The Morgan fingerprint density at radius 3 is 1.50 bits per heavy atom. The van der Waals surface area contributed by atoms with Crippen molar-refractivity contribution >= 4 is 23.3 Å². The summed E-state index contributed by atoms with van der Waals surface area (Å²) in [6.07, 6.45) is 0. The molecule has 72 valence electrons. The molecule has 1 rings (SSSR count). The van der Waals surface area contributed by atoms with Gasteiger partial charge >= 0.3 is 23.3 Å². The van der Waals surface area contributed by atoms with Crippen LogP contribution in [-0.4, -0.2) is 0 Å². The fourth-order valence-electron chi connectivity index (χ4n) is 0.485. The lowest BCUT2D eigenvalue weighted by atomic mass is 13.8. The van der Waals surface area contributed by atoms with Gasteiger partial charge in [-0.3, -0.25) is 5.50 Å². The van der Waals surface area contributed by atoms with E-state index in [1.54, 1.807) is 4.52 Å². The number of hydrogen-bond donors (Lipinski definition) is 1. The maximum absolute atomic E-state index is 12.5. The number of rotatable bonds is 0. The van der Waals surface area contributed by atoms with E-state index in [4.69, 9.17) is 0 Å². The summed E-state index contributed by atoms with van der Waals surface area (Å²) in [5.41, 5.74) is 4.38. The molecule has 12 heavy (non-hydrogen) atoms. The summed E-state index contributed by atoms with van der Waals surface area (Å²) in [7, 11) is -16.0. The van der Waals surface area contributed by atoms with Crippen molar-refractivity contribution in [3.63, 3.8) is 0 Å². The Balaban J connectivity index is 3.46. The van der Waals surface area contributed by atoms with Gasteiger partial charge < -0.3 is 0 Å². The summed E-state index contributed by atoms with van der Waals surface area (Å²) < 4.78 is 67.0. The van der Waals surface area contributed by atoms with Crippen molar-refractivity contribution in [2.45, 2.75) is 0 Å². The van der Waals surface area contributed by atoms with Crippen molar-refractivity contribution < 1.29 is 21.0 Å². The Morgan fingerprint density at radius 2 is 1.17 bits per heavy atom. The van der Waals surface area contributed by atoms with Crippen LogP contribution in [-0.2, 0) is 0 Å². The molecule has 0 aromatic rings. The first-order valence-corrected chi connectivity index (χ1v) is 6.91. The van der Waals surface area contributed by atoms with E-state index >= 15 is 0 Å². The van der Waals surface area contributed by atoms with Gasteiger partial charge in [-0.1, -0.05) is 0 Å². The summed E-state index contributed by atoms with van der Waals surface area (Å²) in [6.45, 7) is 0. The molecule has 1 heterocycles. The predicted octanol–water partition coefficient (Wildman–Crippen LogP) is 4.64. The zero-order valence-corrected chi connectivity index (χ0v) is 7.83. The minimum absolute atomic E-state index is 1.77. The number of nitrogens with zero attached hydrogens (tertiary/aromatic N) is 3. The van der Waals surface area contributed by atoms with E-state index in [0.29, 0.717) is 0 Å². The predicted molar refractivity (Wildman–Crippen MR) is 37.8 cm³/mol. The molecule has 0 amide bonds. The monoisotopic (exact) mass is 246 g/mol. The summed E-state index contributed by atoms with van der Waals surface area (Å²) >= 11 is 0. The maximum Gasteiger partial charge on any atom is 0.424 e. The maximum atomic E-state index is 12.5. The van der Waals surface area contributed by atoms with Gasteiger partial charge in [0.25, 0.3) is 0 Å². The average molecular weight is 246 g/mol. The highest BCUT2D eigenvalue weighted by Gasteiger charge is 2.36. The molecule has 0 fully saturated rings. The van der Waals surface area contributed by atoms with Crippen LogP contribution < -0.4 is 5.50 Å². The molecule has 2 N–H and O–H groups in total. The smallest absolute Gasteiger partial charge is 0.253 e. The lowest BCUT2D eigenvalue weighted by molar-refractivity contribution is 0.696. The van der Waals surface area contributed by atoms with Gasteiger partial charge in [-0.25, -0.2) is 0 Å². The molecule has 0 aromatic heterocycles. The molecule has 12 heteroatoms. The quantitative estimate of drug-likeness (QED) is 0.490. The summed E-state index contributed by atoms with van der Waals surface area (Å²) in [4.78, 5) is 0. The highest BCUT2D eigenvalue weighted by Crippen LogP contribution is 2.79. The van der Waals surface area contributed by atoms with Crippen LogP contribution in [0.25, 0.3) is 0 Å². The Morgan fingerprint density at radius 1 is 0.750 bits per heavy atom. The van der Waals surface area contributed by atoms with Gasteiger partial charge in [0.2, 0.25) is 0 Å². The van der Waals surface area contributed by atoms with Crippen LogP contribution in [0, 0.1) is 0 Å². The van der Waals surface area contributed by atoms with E-state index in [-0.39, 0.29) is 0 Å². The van der Waals surface area contributed by atoms with Crippen LogP contribution in [0.2, 0.25) is 0 Å². The third-order valence-corrected chi connectivity index (χ3v) is 6.13. The minimum atomic E-state index is -5.57. The molecule has 0 radical (unpaired) electrons. The Labute approximate surface area is 64.3 Å². The van der Waals surface area contributed by atoms with Crippen molar-refractivity contribution in [3.8, 4) is 0 Å². The van der Waals surface area contributed by atoms with Crippen LogP contribution in [0.4, 0.5) is 21.0 Å². The zero-order chi connectivity index (χ0) is 9.62. The van der Waals surface area contributed by atoms with Crippen molar-refractivity contribution in [3.05, 3.63) is 0 Å². The average Bonchev–Trinajstić information content (AvgIpc) is 1.44. The second-order valence-corrected chi connectivity index (χ2v) is 6.86. The Kier molecular flexibility index (Phi) is 2.29. The molecule has 0 aliphatic carbocycles. The highest BCUT2D eigenvalue weighted by molar-refractivity contribution is 7.78. The summed E-state index contributed by atoms with van der Waals surface area (Å²) in [6, 6.07) is 0. The van der Waals surface area contributed by atoms with Gasteiger partial charge in [0.15, 0.2) is 0 Å². The zero-order valence-electron chi connectivity index (χ0n) is 5.15. The fourth-order valence-corrected chi connectivity index (χ4v) is 5.33. The molecular formula is H2F5N4P3. The van der Waals surface area contributed by atoms with E-state index in [1.165, 1.54) is 0 Å². The number of nitrogens with two attached hydrogens (primary N) is 1. The Bertz CT molecular complexity index is 275. The van der Waals surface area contributed by atoms with E-state index < -0.39 is 23.3 Å². The van der Waals surface area contributed by atoms with Gasteiger partial charge in [-0.05, 0) is 0 Å². The highest BCUT2D eigenvalue weighted by atomic mass is 31.3. The summed E-state index contributed by atoms with van der Waals surface area (Å²) in [5, 5.41) is 0. The van der Waals surface area contributed by atoms with E-state index in [9.17, 15) is 21.0 Å². The van der Waals surface area contributed by atoms with Crippen molar-refractivity contribution in [1.29, 1.82) is 0 Å². The molecule has 4 nitrogen and oxygen atoms in total. The van der Waals surface area contributed by atoms with Crippen molar-refractivity contribution in [2.24, 2.45) is 19.1 Å². The molecule has 1 unspecified atom stereocenters.